The number of alkyl halides is 1. The highest BCUT2D eigenvalue weighted by Gasteiger charge is 2.23. The van der Waals surface area contributed by atoms with E-state index >= 15 is 0 Å². The Morgan fingerprint density at radius 2 is 2.28 bits per heavy atom. The number of morpholine rings is 1. The first-order valence-electron chi connectivity index (χ1n) is 6.68. The molecule has 0 aliphatic carbocycles. The molecule has 1 unspecified atom stereocenters. The number of anilines is 1. The highest BCUT2D eigenvalue weighted by atomic mass is 35.5. The van der Waals surface area contributed by atoms with Crippen LogP contribution >= 0.6 is 11.6 Å². The molecule has 0 amide bonds. The summed E-state index contributed by atoms with van der Waals surface area (Å²) in [6, 6.07) is 4.64. The lowest BCUT2D eigenvalue weighted by Crippen LogP contribution is -2.45. The molecule has 1 fully saturated rings. The molecule has 1 atom stereocenters. The average Bonchev–Trinajstić information content (AvgIpc) is 2.46. The molecule has 0 N–H and O–H groups in total. The fraction of sp³-hybridized carbons (Fsp3) is 0.643. The van der Waals surface area contributed by atoms with E-state index in [2.05, 4.69) is 30.9 Å². The standard InChI is InChI=1S/C14H21ClN2O/c1-3-12-7-11(9-15)8-14(16-12)17-5-6-18-10-13(17)4-2/h7-8,13H,3-6,9-10H2,1-2H3. The maximum atomic E-state index is 5.97. The van der Waals surface area contributed by atoms with Crippen LogP contribution in [0.15, 0.2) is 12.1 Å². The summed E-state index contributed by atoms with van der Waals surface area (Å²) in [6.45, 7) is 6.81. The lowest BCUT2D eigenvalue weighted by molar-refractivity contribution is 0.0925. The van der Waals surface area contributed by atoms with Crippen LogP contribution in [0.3, 0.4) is 0 Å². The number of hydrogen-bond acceptors (Lipinski definition) is 3. The first-order valence-corrected chi connectivity index (χ1v) is 7.22. The molecule has 18 heavy (non-hydrogen) atoms. The molecule has 2 rings (SSSR count). The zero-order valence-corrected chi connectivity index (χ0v) is 11.9. The van der Waals surface area contributed by atoms with E-state index in [-0.39, 0.29) is 0 Å². The van der Waals surface area contributed by atoms with Crippen LogP contribution in [0.25, 0.3) is 0 Å². The number of halogens is 1. The van der Waals surface area contributed by atoms with Crippen molar-refractivity contribution in [1.29, 1.82) is 0 Å². The maximum absolute atomic E-state index is 5.97. The molecule has 1 aliphatic rings. The Kier molecular flexibility index (Phi) is 4.84. The summed E-state index contributed by atoms with van der Waals surface area (Å²) >= 11 is 5.97. The monoisotopic (exact) mass is 268 g/mol. The van der Waals surface area contributed by atoms with E-state index in [9.17, 15) is 0 Å². The van der Waals surface area contributed by atoms with Gasteiger partial charge in [-0.05, 0) is 30.5 Å². The van der Waals surface area contributed by atoms with Gasteiger partial charge in [-0.3, -0.25) is 0 Å². The molecule has 1 aliphatic heterocycles. The SMILES string of the molecule is CCc1cc(CCl)cc(N2CCOCC2CC)n1. The van der Waals surface area contributed by atoms with Crippen molar-refractivity contribution < 1.29 is 4.74 Å². The third-order valence-electron chi connectivity index (χ3n) is 3.43. The van der Waals surface area contributed by atoms with Crippen LogP contribution < -0.4 is 4.90 Å². The molecule has 100 valence electrons. The van der Waals surface area contributed by atoms with E-state index in [1.165, 1.54) is 0 Å². The minimum Gasteiger partial charge on any atom is -0.377 e. The Hall–Kier alpha value is -0.800. The van der Waals surface area contributed by atoms with Gasteiger partial charge in [0.2, 0.25) is 0 Å². The molecule has 1 saturated heterocycles. The minimum absolute atomic E-state index is 0.432. The zero-order chi connectivity index (χ0) is 13.0. The molecule has 0 spiro atoms. The number of rotatable bonds is 4. The van der Waals surface area contributed by atoms with Gasteiger partial charge >= 0.3 is 0 Å². The Balaban J connectivity index is 2.29. The van der Waals surface area contributed by atoms with E-state index in [4.69, 9.17) is 21.3 Å². The molecule has 1 aromatic heterocycles. The fourth-order valence-electron chi connectivity index (χ4n) is 2.33. The summed E-state index contributed by atoms with van der Waals surface area (Å²) in [6.07, 6.45) is 2.02. The Labute approximate surface area is 114 Å². The fourth-order valence-corrected chi connectivity index (χ4v) is 2.49. The predicted octanol–water partition coefficient (Wildman–Crippen LogP) is 3.00. The van der Waals surface area contributed by atoms with Crippen molar-refractivity contribution in [2.45, 2.75) is 38.6 Å². The molecule has 0 bridgehead atoms. The maximum Gasteiger partial charge on any atom is 0.129 e. The Morgan fingerprint density at radius 1 is 1.44 bits per heavy atom. The van der Waals surface area contributed by atoms with E-state index < -0.39 is 0 Å². The van der Waals surface area contributed by atoms with Gasteiger partial charge in [-0.2, -0.15) is 0 Å². The highest BCUT2D eigenvalue weighted by molar-refractivity contribution is 6.17. The van der Waals surface area contributed by atoms with Gasteiger partial charge in [0.15, 0.2) is 0 Å². The van der Waals surface area contributed by atoms with Crippen LogP contribution in [0.4, 0.5) is 5.82 Å². The minimum atomic E-state index is 0.432. The molecule has 0 saturated carbocycles. The smallest absolute Gasteiger partial charge is 0.129 e. The summed E-state index contributed by atoms with van der Waals surface area (Å²) in [5, 5.41) is 0. The van der Waals surface area contributed by atoms with Crippen molar-refractivity contribution in [1.82, 2.24) is 4.98 Å². The number of aryl methyl sites for hydroxylation is 1. The van der Waals surface area contributed by atoms with Gasteiger partial charge in [-0.15, -0.1) is 11.6 Å². The van der Waals surface area contributed by atoms with Crippen LogP contribution in [0.1, 0.15) is 31.5 Å². The Morgan fingerprint density at radius 3 is 2.94 bits per heavy atom. The van der Waals surface area contributed by atoms with Crippen LogP contribution in [0, 0.1) is 0 Å². The molecule has 4 heteroatoms. The van der Waals surface area contributed by atoms with Gasteiger partial charge in [-0.25, -0.2) is 4.98 Å². The first-order chi connectivity index (χ1) is 8.78. The third-order valence-corrected chi connectivity index (χ3v) is 3.74. The highest BCUT2D eigenvalue weighted by Crippen LogP contribution is 2.22. The lowest BCUT2D eigenvalue weighted by Gasteiger charge is -2.36. The number of nitrogens with zero attached hydrogens (tertiary/aromatic N) is 2. The van der Waals surface area contributed by atoms with Gasteiger partial charge in [-0.1, -0.05) is 13.8 Å². The number of ether oxygens (including phenoxy) is 1. The van der Waals surface area contributed by atoms with Gasteiger partial charge in [0.1, 0.15) is 5.82 Å². The second-order valence-electron chi connectivity index (χ2n) is 4.64. The topological polar surface area (TPSA) is 25.4 Å². The van der Waals surface area contributed by atoms with E-state index in [1.807, 2.05) is 0 Å². The van der Waals surface area contributed by atoms with Crippen LogP contribution in [0.5, 0.6) is 0 Å². The molecule has 0 radical (unpaired) electrons. The lowest BCUT2D eigenvalue weighted by atomic mass is 10.1. The van der Waals surface area contributed by atoms with Crippen molar-refractivity contribution in [3.05, 3.63) is 23.4 Å². The summed E-state index contributed by atoms with van der Waals surface area (Å²) in [4.78, 5) is 7.09. The second kappa shape index (κ2) is 6.39. The average molecular weight is 269 g/mol. The number of hydrogen-bond donors (Lipinski definition) is 0. The molecule has 2 heterocycles. The van der Waals surface area contributed by atoms with Gasteiger partial charge in [0.25, 0.3) is 0 Å². The molecule has 3 nitrogen and oxygen atoms in total. The van der Waals surface area contributed by atoms with Crippen molar-refractivity contribution in [2.24, 2.45) is 0 Å². The zero-order valence-electron chi connectivity index (χ0n) is 11.2. The summed E-state index contributed by atoms with van der Waals surface area (Å²) in [7, 11) is 0. The van der Waals surface area contributed by atoms with Gasteiger partial charge < -0.3 is 9.64 Å². The van der Waals surface area contributed by atoms with Crippen LogP contribution in [0.2, 0.25) is 0 Å². The normalized spacial score (nSPS) is 20.2. The quantitative estimate of drug-likeness (QED) is 0.785. The molecule has 1 aromatic rings. The van der Waals surface area contributed by atoms with Gasteiger partial charge in [0.05, 0.1) is 19.3 Å². The number of aromatic nitrogens is 1. The van der Waals surface area contributed by atoms with Crippen LogP contribution in [-0.4, -0.2) is 30.8 Å². The van der Waals surface area contributed by atoms with Crippen molar-refractivity contribution in [2.75, 3.05) is 24.7 Å². The summed E-state index contributed by atoms with van der Waals surface area (Å²) in [5.41, 5.74) is 2.27. The first kappa shape index (κ1) is 13.6. The predicted molar refractivity (Wildman–Crippen MR) is 75.4 cm³/mol. The second-order valence-corrected chi connectivity index (χ2v) is 4.91. The van der Waals surface area contributed by atoms with Crippen LogP contribution in [-0.2, 0) is 17.0 Å². The van der Waals surface area contributed by atoms with E-state index in [0.717, 1.165) is 49.7 Å². The molecular formula is C14H21ClN2O. The van der Waals surface area contributed by atoms with E-state index in [1.54, 1.807) is 0 Å². The summed E-state index contributed by atoms with van der Waals surface area (Å²) in [5.74, 6) is 1.60. The van der Waals surface area contributed by atoms with Crippen molar-refractivity contribution in [3.63, 3.8) is 0 Å². The molecule has 0 aromatic carbocycles. The van der Waals surface area contributed by atoms with Gasteiger partial charge in [0, 0.05) is 18.1 Å². The Bertz CT molecular complexity index is 375. The molecular weight excluding hydrogens is 248 g/mol. The third kappa shape index (κ3) is 2.96. The summed E-state index contributed by atoms with van der Waals surface area (Å²) < 4.78 is 5.54. The largest absolute Gasteiger partial charge is 0.377 e. The van der Waals surface area contributed by atoms with Crippen molar-refractivity contribution >= 4 is 17.4 Å². The van der Waals surface area contributed by atoms with E-state index in [0.29, 0.717) is 11.9 Å². The number of pyridine rings is 1. The van der Waals surface area contributed by atoms with Crippen molar-refractivity contribution in [3.8, 4) is 0 Å².